The molecular formula is C20H24Cl2N2O. The lowest BCUT2D eigenvalue weighted by Crippen LogP contribution is -2.34. The van der Waals surface area contributed by atoms with Crippen molar-refractivity contribution in [1.82, 2.24) is 9.88 Å². The maximum Gasteiger partial charge on any atom is 0.0543 e. The Hall–Kier alpha value is -1.13. The standard InChI is InChI=1S/C20H24Cl2N2O/c1-25-12-4-11-24(14-17-5-2-3-10-23-17)15-20(8-9-20)18-7-6-16(21)13-19(18)22/h2-3,5-7,10,13H,4,8-9,11-12,14-15H2,1H3. The summed E-state index contributed by atoms with van der Waals surface area (Å²) in [5.74, 6) is 0. The number of halogens is 2. The minimum Gasteiger partial charge on any atom is -0.385 e. The van der Waals surface area contributed by atoms with Crippen LogP contribution in [0.5, 0.6) is 0 Å². The average molecular weight is 379 g/mol. The Kier molecular flexibility index (Phi) is 6.34. The van der Waals surface area contributed by atoms with E-state index >= 15 is 0 Å². The topological polar surface area (TPSA) is 25.4 Å². The van der Waals surface area contributed by atoms with Gasteiger partial charge in [-0.3, -0.25) is 9.88 Å². The van der Waals surface area contributed by atoms with Gasteiger partial charge in [0.25, 0.3) is 0 Å². The van der Waals surface area contributed by atoms with Crippen LogP contribution in [0.4, 0.5) is 0 Å². The molecule has 25 heavy (non-hydrogen) atoms. The van der Waals surface area contributed by atoms with Crippen LogP contribution in [0.25, 0.3) is 0 Å². The molecule has 1 aromatic heterocycles. The summed E-state index contributed by atoms with van der Waals surface area (Å²) in [6, 6.07) is 12.0. The van der Waals surface area contributed by atoms with E-state index in [1.165, 1.54) is 5.56 Å². The molecule has 0 amide bonds. The zero-order valence-electron chi connectivity index (χ0n) is 14.5. The van der Waals surface area contributed by atoms with Crippen LogP contribution >= 0.6 is 23.2 Å². The van der Waals surface area contributed by atoms with Gasteiger partial charge in [0.15, 0.2) is 0 Å². The first kappa shape index (κ1) is 18.7. The molecule has 1 aliphatic rings. The van der Waals surface area contributed by atoms with Crippen molar-refractivity contribution < 1.29 is 4.74 Å². The maximum atomic E-state index is 6.49. The first-order valence-corrected chi connectivity index (χ1v) is 9.45. The molecule has 0 N–H and O–H groups in total. The zero-order valence-corrected chi connectivity index (χ0v) is 16.1. The molecule has 0 radical (unpaired) electrons. The van der Waals surface area contributed by atoms with Crippen molar-refractivity contribution >= 4 is 23.2 Å². The van der Waals surface area contributed by atoms with Gasteiger partial charge in [-0.05, 0) is 49.1 Å². The maximum absolute atomic E-state index is 6.49. The Morgan fingerprint density at radius 1 is 1.20 bits per heavy atom. The van der Waals surface area contributed by atoms with Crippen molar-refractivity contribution in [2.24, 2.45) is 0 Å². The van der Waals surface area contributed by atoms with Gasteiger partial charge in [0.05, 0.1) is 5.69 Å². The summed E-state index contributed by atoms with van der Waals surface area (Å²) in [6.07, 6.45) is 5.19. The molecule has 3 rings (SSSR count). The van der Waals surface area contributed by atoms with Crippen LogP contribution in [0.2, 0.25) is 10.0 Å². The van der Waals surface area contributed by atoms with Crippen LogP contribution in [-0.2, 0) is 16.7 Å². The highest BCUT2D eigenvalue weighted by atomic mass is 35.5. The van der Waals surface area contributed by atoms with Crippen molar-refractivity contribution in [2.75, 3.05) is 26.8 Å². The number of pyridine rings is 1. The van der Waals surface area contributed by atoms with Gasteiger partial charge in [-0.1, -0.05) is 35.3 Å². The second kappa shape index (κ2) is 8.50. The second-order valence-corrected chi connectivity index (χ2v) is 7.63. The SMILES string of the molecule is COCCCN(Cc1ccccn1)CC1(c2ccc(Cl)cc2Cl)CC1. The summed E-state index contributed by atoms with van der Waals surface area (Å²) in [7, 11) is 1.75. The van der Waals surface area contributed by atoms with E-state index in [9.17, 15) is 0 Å². The van der Waals surface area contributed by atoms with Gasteiger partial charge < -0.3 is 4.74 Å². The van der Waals surface area contributed by atoms with Crippen LogP contribution in [0, 0.1) is 0 Å². The van der Waals surface area contributed by atoms with Crippen LogP contribution in [0.15, 0.2) is 42.6 Å². The van der Waals surface area contributed by atoms with Gasteiger partial charge in [0, 0.05) is 55.0 Å². The van der Waals surface area contributed by atoms with Gasteiger partial charge in [-0.25, -0.2) is 0 Å². The minimum absolute atomic E-state index is 0.142. The summed E-state index contributed by atoms with van der Waals surface area (Å²) in [5.41, 5.74) is 2.46. The highest BCUT2D eigenvalue weighted by Crippen LogP contribution is 2.51. The molecule has 3 nitrogen and oxygen atoms in total. The Bertz CT molecular complexity index is 689. The summed E-state index contributed by atoms with van der Waals surface area (Å²) in [5, 5.41) is 1.47. The van der Waals surface area contributed by atoms with Gasteiger partial charge in [-0.15, -0.1) is 0 Å². The smallest absolute Gasteiger partial charge is 0.0543 e. The highest BCUT2D eigenvalue weighted by Gasteiger charge is 2.46. The van der Waals surface area contributed by atoms with Crippen molar-refractivity contribution in [3.05, 3.63) is 63.9 Å². The van der Waals surface area contributed by atoms with Crippen LogP contribution in [0.1, 0.15) is 30.5 Å². The molecular weight excluding hydrogens is 355 g/mol. The molecule has 1 fully saturated rings. The molecule has 0 spiro atoms. The third-order valence-corrected chi connectivity index (χ3v) is 5.36. The summed E-state index contributed by atoms with van der Waals surface area (Å²) < 4.78 is 5.23. The molecule has 1 heterocycles. The fourth-order valence-electron chi connectivity index (χ4n) is 3.38. The number of hydrogen-bond acceptors (Lipinski definition) is 3. The molecule has 0 saturated heterocycles. The van der Waals surface area contributed by atoms with E-state index in [2.05, 4.69) is 22.0 Å². The van der Waals surface area contributed by atoms with E-state index in [-0.39, 0.29) is 5.41 Å². The fraction of sp³-hybridized carbons (Fsp3) is 0.450. The quantitative estimate of drug-likeness (QED) is 0.576. The minimum atomic E-state index is 0.142. The highest BCUT2D eigenvalue weighted by molar-refractivity contribution is 6.35. The summed E-state index contributed by atoms with van der Waals surface area (Å²) in [6.45, 7) is 3.58. The lowest BCUT2D eigenvalue weighted by molar-refractivity contribution is 0.163. The normalized spacial score (nSPS) is 15.5. The number of hydrogen-bond donors (Lipinski definition) is 0. The molecule has 1 saturated carbocycles. The first-order chi connectivity index (χ1) is 12.1. The molecule has 0 unspecified atom stereocenters. The van der Waals surface area contributed by atoms with E-state index < -0.39 is 0 Å². The lowest BCUT2D eigenvalue weighted by atomic mass is 9.95. The number of aromatic nitrogens is 1. The van der Waals surface area contributed by atoms with Crippen molar-refractivity contribution in [1.29, 1.82) is 0 Å². The predicted octanol–water partition coefficient (Wildman–Crippen LogP) is 4.96. The second-order valence-electron chi connectivity index (χ2n) is 6.78. The van der Waals surface area contributed by atoms with Crippen molar-refractivity contribution in [3.8, 4) is 0 Å². The molecule has 0 bridgehead atoms. The van der Waals surface area contributed by atoms with E-state index in [4.69, 9.17) is 27.9 Å². The molecule has 2 aromatic rings. The third kappa shape index (κ3) is 4.95. The lowest BCUT2D eigenvalue weighted by Gasteiger charge is -2.28. The Morgan fingerprint density at radius 3 is 2.68 bits per heavy atom. The van der Waals surface area contributed by atoms with E-state index in [0.717, 1.165) is 56.2 Å². The van der Waals surface area contributed by atoms with E-state index in [0.29, 0.717) is 5.02 Å². The van der Waals surface area contributed by atoms with Crippen molar-refractivity contribution in [2.45, 2.75) is 31.2 Å². The molecule has 0 aliphatic heterocycles. The number of nitrogens with zero attached hydrogens (tertiary/aromatic N) is 2. The average Bonchev–Trinajstić information content (AvgIpc) is 3.36. The Balaban J connectivity index is 1.74. The van der Waals surface area contributed by atoms with E-state index in [1.54, 1.807) is 7.11 Å². The van der Waals surface area contributed by atoms with Crippen LogP contribution in [0.3, 0.4) is 0 Å². The number of rotatable bonds is 9. The number of ether oxygens (including phenoxy) is 1. The van der Waals surface area contributed by atoms with Gasteiger partial charge in [0.1, 0.15) is 0 Å². The molecule has 134 valence electrons. The predicted molar refractivity (Wildman–Crippen MR) is 103 cm³/mol. The van der Waals surface area contributed by atoms with Crippen LogP contribution in [-0.4, -0.2) is 36.7 Å². The Labute approximate surface area is 159 Å². The molecule has 0 atom stereocenters. The van der Waals surface area contributed by atoms with Crippen LogP contribution < -0.4 is 0 Å². The van der Waals surface area contributed by atoms with Gasteiger partial charge in [-0.2, -0.15) is 0 Å². The van der Waals surface area contributed by atoms with Gasteiger partial charge >= 0.3 is 0 Å². The summed E-state index contributed by atoms with van der Waals surface area (Å²) >= 11 is 12.6. The third-order valence-electron chi connectivity index (χ3n) is 4.82. The fourth-order valence-corrected chi connectivity index (χ4v) is 3.99. The largest absolute Gasteiger partial charge is 0.385 e. The van der Waals surface area contributed by atoms with E-state index in [1.807, 2.05) is 30.5 Å². The summed E-state index contributed by atoms with van der Waals surface area (Å²) in [4.78, 5) is 6.95. The molecule has 1 aromatic carbocycles. The first-order valence-electron chi connectivity index (χ1n) is 8.70. The Morgan fingerprint density at radius 2 is 2.04 bits per heavy atom. The van der Waals surface area contributed by atoms with Crippen molar-refractivity contribution in [3.63, 3.8) is 0 Å². The number of benzene rings is 1. The molecule has 5 heteroatoms. The zero-order chi connectivity index (χ0) is 17.7. The number of methoxy groups -OCH3 is 1. The van der Waals surface area contributed by atoms with Gasteiger partial charge in [0.2, 0.25) is 0 Å². The molecule has 1 aliphatic carbocycles. The monoisotopic (exact) mass is 378 g/mol.